The zero-order valence-corrected chi connectivity index (χ0v) is 25.2. The van der Waals surface area contributed by atoms with E-state index >= 15 is 0 Å². The number of hydrogen-bond donors (Lipinski definition) is 0. The van der Waals surface area contributed by atoms with E-state index in [2.05, 4.69) is 23.8 Å². The molecule has 0 spiro atoms. The van der Waals surface area contributed by atoms with Crippen LogP contribution in [-0.4, -0.2) is 120 Å². The number of hydrogen-bond acceptors (Lipinski definition) is 7. The fraction of sp³-hybridized carbons (Fsp3) is 0.750. The number of amides is 1. The Kier molecular flexibility index (Phi) is 11.0. The summed E-state index contributed by atoms with van der Waals surface area (Å²) in [6.07, 6.45) is 4.68. The molecule has 1 aromatic carbocycles. The van der Waals surface area contributed by atoms with Crippen molar-refractivity contribution in [2.75, 3.05) is 74.2 Å². The second-order valence-electron chi connectivity index (χ2n) is 11.1. The van der Waals surface area contributed by atoms with Gasteiger partial charge in [-0.05, 0) is 82.7 Å². The summed E-state index contributed by atoms with van der Waals surface area (Å²) in [5.74, 6) is 1.07. The minimum absolute atomic E-state index is 0.0496. The van der Waals surface area contributed by atoms with E-state index in [1.54, 1.807) is 33.1 Å². The van der Waals surface area contributed by atoms with E-state index in [-0.39, 0.29) is 36.6 Å². The molecule has 1 heterocycles. The van der Waals surface area contributed by atoms with Crippen molar-refractivity contribution < 1.29 is 22.7 Å². The number of rotatable bonds is 11. The first-order valence-corrected chi connectivity index (χ1v) is 15.3. The van der Waals surface area contributed by atoms with Crippen LogP contribution in [0.4, 0.5) is 0 Å². The van der Waals surface area contributed by atoms with Crippen molar-refractivity contribution in [3.8, 4) is 5.75 Å². The van der Waals surface area contributed by atoms with E-state index in [0.717, 1.165) is 39.0 Å². The summed E-state index contributed by atoms with van der Waals surface area (Å²) in [6.45, 7) is 10.5. The third-order valence-corrected chi connectivity index (χ3v) is 10.8. The van der Waals surface area contributed by atoms with Crippen LogP contribution in [0.1, 0.15) is 43.7 Å². The molecule has 1 saturated carbocycles. The van der Waals surface area contributed by atoms with E-state index in [1.807, 2.05) is 11.9 Å². The lowest BCUT2D eigenvalue weighted by atomic mass is 9.81. The predicted octanol–water partition coefficient (Wildman–Crippen LogP) is 2.60. The molecule has 0 N–H and O–H groups in total. The topological polar surface area (TPSA) is 82.6 Å². The third-order valence-electron chi connectivity index (χ3n) is 8.60. The zero-order chi connectivity index (χ0) is 28.0. The van der Waals surface area contributed by atoms with Crippen molar-refractivity contribution in [1.29, 1.82) is 0 Å². The summed E-state index contributed by atoms with van der Waals surface area (Å²) < 4.78 is 38.5. The maximum Gasteiger partial charge on any atom is 0.248 e. The van der Waals surface area contributed by atoms with E-state index in [9.17, 15) is 13.2 Å². The summed E-state index contributed by atoms with van der Waals surface area (Å²) in [5, 5.41) is 0. The molecule has 0 bridgehead atoms. The molecule has 1 atom stereocenters. The Labute approximate surface area is 230 Å². The number of benzene rings is 1. The average Bonchev–Trinajstić information content (AvgIpc) is 2.89. The van der Waals surface area contributed by atoms with Crippen LogP contribution in [0.15, 0.2) is 17.0 Å². The van der Waals surface area contributed by atoms with Gasteiger partial charge in [0.1, 0.15) is 12.4 Å². The van der Waals surface area contributed by atoms with E-state index < -0.39 is 10.0 Å². The van der Waals surface area contributed by atoms with Crippen LogP contribution >= 0.6 is 0 Å². The Bertz CT molecular complexity index is 1010. The molecule has 2 fully saturated rings. The van der Waals surface area contributed by atoms with Gasteiger partial charge in [0.15, 0.2) is 0 Å². The molecule has 1 aliphatic carbocycles. The van der Waals surface area contributed by atoms with Gasteiger partial charge in [0, 0.05) is 58.9 Å². The molecule has 38 heavy (non-hydrogen) atoms. The number of methoxy groups -OCH3 is 1. The molecular formula is C28H48N4O5S. The van der Waals surface area contributed by atoms with Crippen LogP contribution in [0, 0.1) is 19.8 Å². The third kappa shape index (κ3) is 7.47. The zero-order valence-electron chi connectivity index (χ0n) is 24.4. The Balaban J connectivity index is 1.42. The van der Waals surface area contributed by atoms with Crippen molar-refractivity contribution in [2.45, 2.75) is 63.4 Å². The lowest BCUT2D eigenvalue weighted by molar-refractivity contribution is -0.138. The molecule has 1 unspecified atom stereocenters. The molecule has 1 aliphatic heterocycles. The Hall–Kier alpha value is -1.72. The van der Waals surface area contributed by atoms with Gasteiger partial charge in [-0.25, -0.2) is 8.42 Å². The standard InChI is InChI=1S/C28H48N4O5S/c1-21-18-26(36-7)19-22(2)28(21)38(34,35)30(5)16-17-37-20-27(33)31(6)23(3)24-8-10-25(11-9-24)32-14-12-29(4)13-15-32/h18-19,23-25H,8-17,20H2,1-7H3/t23?,24-,25-. The van der Waals surface area contributed by atoms with Crippen molar-refractivity contribution >= 4 is 15.9 Å². The molecule has 216 valence electrons. The Morgan fingerprint density at radius 2 is 1.63 bits per heavy atom. The smallest absolute Gasteiger partial charge is 0.248 e. The highest BCUT2D eigenvalue weighted by molar-refractivity contribution is 7.89. The molecule has 3 rings (SSSR count). The fourth-order valence-corrected chi connectivity index (χ4v) is 7.40. The van der Waals surface area contributed by atoms with Crippen molar-refractivity contribution in [3.63, 3.8) is 0 Å². The number of carbonyl (C=O) groups is 1. The van der Waals surface area contributed by atoms with Gasteiger partial charge in [0.2, 0.25) is 15.9 Å². The molecule has 1 aromatic rings. The number of carbonyl (C=O) groups excluding carboxylic acids is 1. The summed E-state index contributed by atoms with van der Waals surface area (Å²) in [5.41, 5.74) is 1.27. The number of nitrogens with zero attached hydrogens (tertiary/aromatic N) is 4. The predicted molar refractivity (Wildman–Crippen MR) is 150 cm³/mol. The molecule has 9 nitrogen and oxygen atoms in total. The Morgan fingerprint density at radius 3 is 2.18 bits per heavy atom. The second kappa shape index (κ2) is 13.6. The molecule has 2 aliphatic rings. The lowest BCUT2D eigenvalue weighted by Gasteiger charge is -2.43. The van der Waals surface area contributed by atoms with Crippen LogP contribution < -0.4 is 4.74 Å². The van der Waals surface area contributed by atoms with Crippen LogP contribution in [0.5, 0.6) is 5.75 Å². The molecule has 1 saturated heterocycles. The highest BCUT2D eigenvalue weighted by atomic mass is 32.2. The number of ether oxygens (including phenoxy) is 2. The summed E-state index contributed by atoms with van der Waals surface area (Å²) in [4.78, 5) is 20.0. The summed E-state index contributed by atoms with van der Waals surface area (Å²) >= 11 is 0. The van der Waals surface area contributed by atoms with Crippen molar-refractivity contribution in [2.24, 2.45) is 5.92 Å². The highest BCUT2D eigenvalue weighted by Gasteiger charge is 2.32. The van der Waals surface area contributed by atoms with Crippen LogP contribution in [0.2, 0.25) is 0 Å². The molecule has 10 heteroatoms. The molecule has 1 amide bonds. The monoisotopic (exact) mass is 552 g/mol. The minimum atomic E-state index is -3.69. The highest BCUT2D eigenvalue weighted by Crippen LogP contribution is 2.32. The number of sulfonamides is 1. The van der Waals surface area contributed by atoms with Gasteiger partial charge in [0.25, 0.3) is 0 Å². The normalized spacial score (nSPS) is 22.4. The number of aryl methyl sites for hydroxylation is 2. The van der Waals surface area contributed by atoms with E-state index in [0.29, 0.717) is 28.8 Å². The first-order chi connectivity index (χ1) is 17.9. The minimum Gasteiger partial charge on any atom is -0.497 e. The fourth-order valence-electron chi connectivity index (χ4n) is 5.85. The van der Waals surface area contributed by atoms with E-state index in [4.69, 9.17) is 9.47 Å². The first kappa shape index (κ1) is 30.8. The number of likely N-dealkylation sites (N-methyl/N-ethyl adjacent to an activating group) is 3. The van der Waals surface area contributed by atoms with Gasteiger partial charge >= 0.3 is 0 Å². The largest absolute Gasteiger partial charge is 0.497 e. The Morgan fingerprint density at radius 1 is 1.05 bits per heavy atom. The van der Waals surface area contributed by atoms with Crippen LogP contribution in [0.3, 0.4) is 0 Å². The average molecular weight is 553 g/mol. The van der Waals surface area contributed by atoms with Gasteiger partial charge in [-0.1, -0.05) is 0 Å². The van der Waals surface area contributed by atoms with Crippen LogP contribution in [0.25, 0.3) is 0 Å². The molecule has 0 radical (unpaired) electrons. The quantitative estimate of drug-likeness (QED) is 0.390. The SMILES string of the molecule is COc1cc(C)c(S(=O)(=O)N(C)CCOCC(=O)N(C)C(C)[C@H]2CC[C@H](N3CCN(C)CC3)CC2)c(C)c1. The van der Waals surface area contributed by atoms with Gasteiger partial charge in [-0.2, -0.15) is 4.31 Å². The second-order valence-corrected chi connectivity index (χ2v) is 13.1. The van der Waals surface area contributed by atoms with Gasteiger partial charge in [0.05, 0.1) is 18.6 Å². The lowest BCUT2D eigenvalue weighted by Crippen LogP contribution is -2.51. The van der Waals surface area contributed by atoms with Crippen LogP contribution in [-0.2, 0) is 19.6 Å². The van der Waals surface area contributed by atoms with Crippen molar-refractivity contribution in [3.05, 3.63) is 23.3 Å². The van der Waals surface area contributed by atoms with Gasteiger partial charge in [-0.15, -0.1) is 0 Å². The maximum absolute atomic E-state index is 13.2. The maximum atomic E-state index is 13.2. The van der Waals surface area contributed by atoms with Gasteiger partial charge < -0.3 is 19.3 Å². The first-order valence-electron chi connectivity index (χ1n) is 13.8. The summed E-state index contributed by atoms with van der Waals surface area (Å²) in [6, 6.07) is 4.27. The summed E-state index contributed by atoms with van der Waals surface area (Å²) in [7, 11) is 3.46. The molecular weight excluding hydrogens is 504 g/mol. The molecule has 0 aromatic heterocycles. The number of piperazine rings is 1. The van der Waals surface area contributed by atoms with Gasteiger partial charge in [-0.3, -0.25) is 9.69 Å². The van der Waals surface area contributed by atoms with E-state index in [1.165, 1.54) is 24.2 Å². The van der Waals surface area contributed by atoms with Crippen molar-refractivity contribution in [1.82, 2.24) is 19.0 Å².